The highest BCUT2D eigenvalue weighted by molar-refractivity contribution is 5.94. The van der Waals surface area contributed by atoms with Crippen molar-refractivity contribution in [1.29, 1.82) is 0 Å². The average Bonchev–Trinajstić information content (AvgIpc) is 3.12. The zero-order valence-corrected chi connectivity index (χ0v) is 22.1. The Kier molecular flexibility index (Phi) is 6.78. The molecule has 0 saturated carbocycles. The number of aromatic nitrogens is 5. The molecule has 5 rings (SSSR count). The second kappa shape index (κ2) is 10.1. The summed E-state index contributed by atoms with van der Waals surface area (Å²) in [4.78, 5) is 33.8. The highest BCUT2D eigenvalue weighted by Gasteiger charge is 2.23. The number of aryl methyl sites for hydroxylation is 2. The number of nitrogens with zero attached hydrogens (tertiary/aromatic N) is 7. The van der Waals surface area contributed by atoms with Crippen LogP contribution in [-0.4, -0.2) is 62.0 Å². The van der Waals surface area contributed by atoms with Crippen molar-refractivity contribution in [3.63, 3.8) is 0 Å². The first-order valence-corrected chi connectivity index (χ1v) is 12.6. The van der Waals surface area contributed by atoms with Crippen molar-refractivity contribution in [3.05, 3.63) is 53.6 Å². The maximum absolute atomic E-state index is 15.0. The van der Waals surface area contributed by atoms with E-state index in [1.165, 1.54) is 6.07 Å². The third kappa shape index (κ3) is 4.81. The van der Waals surface area contributed by atoms with E-state index in [0.717, 1.165) is 25.0 Å². The van der Waals surface area contributed by atoms with Gasteiger partial charge in [0.25, 0.3) is 0 Å². The molecule has 4 aromatic rings. The number of halogens is 2. The Morgan fingerprint density at radius 2 is 1.79 bits per heavy atom. The largest absolute Gasteiger partial charge is 0.326 e. The molecule has 1 saturated heterocycles. The van der Waals surface area contributed by atoms with Gasteiger partial charge in [-0.1, -0.05) is 0 Å². The molecule has 1 aliphatic rings. The van der Waals surface area contributed by atoms with E-state index in [0.29, 0.717) is 35.8 Å². The quantitative estimate of drug-likeness (QED) is 0.405. The minimum Gasteiger partial charge on any atom is -0.326 e. The molecular weight excluding hydrogens is 490 g/mol. The van der Waals surface area contributed by atoms with Crippen molar-refractivity contribution in [2.45, 2.75) is 40.2 Å². The summed E-state index contributed by atoms with van der Waals surface area (Å²) in [6, 6.07) is 6.54. The zero-order valence-electron chi connectivity index (χ0n) is 22.1. The van der Waals surface area contributed by atoms with Gasteiger partial charge in [0.1, 0.15) is 22.9 Å². The van der Waals surface area contributed by atoms with Crippen molar-refractivity contribution in [3.8, 4) is 11.3 Å². The van der Waals surface area contributed by atoms with Gasteiger partial charge in [-0.05, 0) is 59.0 Å². The first-order chi connectivity index (χ1) is 18.1. The summed E-state index contributed by atoms with van der Waals surface area (Å²) in [7, 11) is 2.00. The number of pyridine rings is 1. The molecule has 11 heteroatoms. The van der Waals surface area contributed by atoms with Gasteiger partial charge >= 0.3 is 0 Å². The van der Waals surface area contributed by atoms with Crippen LogP contribution in [0.1, 0.15) is 37.8 Å². The standard InChI is InChI=1S/C27H30F2N8O/c1-15(2)37-17(4)32-26-19(28)12-18(13-22(26)37)25-20(29)14-30-27(34-25)33-23-7-6-21(16(3)31-23)36-11-10-35(5)9-8-24(36)38/h6-7,12-15H,8-11H2,1-5H3,(H,30,31,33,34). The predicted molar refractivity (Wildman–Crippen MR) is 143 cm³/mol. The number of benzene rings is 1. The highest BCUT2D eigenvalue weighted by Crippen LogP contribution is 2.31. The van der Waals surface area contributed by atoms with Crippen LogP contribution in [0.25, 0.3) is 22.3 Å². The number of rotatable bonds is 5. The minimum absolute atomic E-state index is 0.0370. The van der Waals surface area contributed by atoms with Gasteiger partial charge in [0, 0.05) is 37.7 Å². The Bertz CT molecular complexity index is 1530. The molecule has 1 N–H and O–H groups in total. The first kappa shape index (κ1) is 25.7. The number of hydrogen-bond acceptors (Lipinski definition) is 7. The average molecular weight is 521 g/mol. The molecule has 198 valence electrons. The van der Waals surface area contributed by atoms with Gasteiger partial charge < -0.3 is 19.7 Å². The van der Waals surface area contributed by atoms with E-state index in [4.69, 9.17) is 0 Å². The molecule has 38 heavy (non-hydrogen) atoms. The maximum Gasteiger partial charge on any atom is 0.229 e. The van der Waals surface area contributed by atoms with E-state index >= 15 is 0 Å². The fourth-order valence-corrected chi connectivity index (χ4v) is 4.89. The topological polar surface area (TPSA) is 92.1 Å². The summed E-state index contributed by atoms with van der Waals surface area (Å²) in [5, 5.41) is 3.01. The van der Waals surface area contributed by atoms with Gasteiger partial charge in [0.05, 0.1) is 23.1 Å². The molecule has 9 nitrogen and oxygen atoms in total. The summed E-state index contributed by atoms with van der Waals surface area (Å²) in [5.74, 6) is 0.0707. The second-order valence-electron chi connectivity index (χ2n) is 9.86. The lowest BCUT2D eigenvalue weighted by molar-refractivity contribution is -0.118. The Labute approximate surface area is 219 Å². The molecule has 4 heterocycles. The molecule has 0 unspecified atom stereocenters. The third-order valence-corrected chi connectivity index (χ3v) is 6.76. The maximum atomic E-state index is 15.0. The van der Waals surface area contributed by atoms with Crippen LogP contribution in [0.15, 0.2) is 30.5 Å². The summed E-state index contributed by atoms with van der Waals surface area (Å²) in [6.07, 6.45) is 1.50. The van der Waals surface area contributed by atoms with Gasteiger partial charge in [0.15, 0.2) is 11.6 Å². The second-order valence-corrected chi connectivity index (χ2v) is 9.86. The normalized spacial score (nSPS) is 14.9. The van der Waals surface area contributed by atoms with Gasteiger partial charge in [-0.3, -0.25) is 4.79 Å². The van der Waals surface area contributed by atoms with Crippen molar-refractivity contribution >= 4 is 34.4 Å². The van der Waals surface area contributed by atoms with Crippen LogP contribution in [0.4, 0.5) is 26.2 Å². The molecule has 1 aromatic carbocycles. The Morgan fingerprint density at radius 3 is 2.53 bits per heavy atom. The van der Waals surface area contributed by atoms with Gasteiger partial charge in [-0.25, -0.2) is 28.7 Å². The molecule has 3 aromatic heterocycles. The zero-order chi connectivity index (χ0) is 27.1. The number of anilines is 3. The SMILES string of the molecule is Cc1nc(Nc2ncc(F)c(-c3cc(F)c4nc(C)n(C(C)C)c4c3)n2)ccc1N1CCN(C)CCC1=O. The lowest BCUT2D eigenvalue weighted by Crippen LogP contribution is -2.33. The minimum atomic E-state index is -0.675. The fourth-order valence-electron chi connectivity index (χ4n) is 4.89. The monoisotopic (exact) mass is 520 g/mol. The summed E-state index contributed by atoms with van der Waals surface area (Å²) < 4.78 is 31.7. The van der Waals surface area contributed by atoms with Gasteiger partial charge in [-0.15, -0.1) is 0 Å². The van der Waals surface area contributed by atoms with Crippen LogP contribution in [0.2, 0.25) is 0 Å². The van der Waals surface area contributed by atoms with Crippen LogP contribution < -0.4 is 10.2 Å². The van der Waals surface area contributed by atoms with E-state index in [2.05, 4.69) is 30.2 Å². The van der Waals surface area contributed by atoms with Crippen molar-refractivity contribution in [2.24, 2.45) is 0 Å². The number of amides is 1. The van der Waals surface area contributed by atoms with E-state index < -0.39 is 11.6 Å². The Hall–Kier alpha value is -3.99. The van der Waals surface area contributed by atoms with Gasteiger partial charge in [-0.2, -0.15) is 0 Å². The summed E-state index contributed by atoms with van der Waals surface area (Å²) in [6.45, 7) is 9.69. The number of hydrogen-bond donors (Lipinski definition) is 1. The molecule has 0 atom stereocenters. The van der Waals surface area contributed by atoms with E-state index in [1.807, 2.05) is 45.4 Å². The molecule has 1 aliphatic heterocycles. The van der Waals surface area contributed by atoms with Crippen LogP contribution in [0.5, 0.6) is 0 Å². The molecule has 0 spiro atoms. The van der Waals surface area contributed by atoms with Crippen LogP contribution >= 0.6 is 0 Å². The lowest BCUT2D eigenvalue weighted by atomic mass is 10.1. The highest BCUT2D eigenvalue weighted by atomic mass is 19.1. The third-order valence-electron chi connectivity index (χ3n) is 6.76. The lowest BCUT2D eigenvalue weighted by Gasteiger charge is -2.22. The van der Waals surface area contributed by atoms with E-state index in [9.17, 15) is 13.6 Å². The summed E-state index contributed by atoms with van der Waals surface area (Å²) >= 11 is 0. The number of nitrogens with one attached hydrogen (secondary N) is 1. The van der Waals surface area contributed by atoms with Crippen molar-refractivity contribution in [1.82, 2.24) is 29.4 Å². The molecule has 0 radical (unpaired) electrons. The van der Waals surface area contributed by atoms with Crippen molar-refractivity contribution < 1.29 is 13.6 Å². The van der Waals surface area contributed by atoms with Crippen LogP contribution in [-0.2, 0) is 4.79 Å². The predicted octanol–water partition coefficient (Wildman–Crippen LogP) is 4.78. The smallest absolute Gasteiger partial charge is 0.229 e. The number of likely N-dealkylation sites (N-methyl/N-ethyl adjacent to an activating group) is 1. The number of imidazole rings is 1. The molecule has 0 bridgehead atoms. The molecule has 0 aliphatic carbocycles. The van der Waals surface area contributed by atoms with Gasteiger partial charge in [0.2, 0.25) is 11.9 Å². The summed E-state index contributed by atoms with van der Waals surface area (Å²) in [5.41, 5.74) is 2.47. The molecule has 1 fully saturated rings. The van der Waals surface area contributed by atoms with E-state index in [-0.39, 0.29) is 34.7 Å². The fraction of sp³-hybridized carbons (Fsp3) is 0.370. The Balaban J connectivity index is 1.45. The van der Waals surface area contributed by atoms with Crippen LogP contribution in [0, 0.1) is 25.5 Å². The van der Waals surface area contributed by atoms with E-state index in [1.54, 1.807) is 17.0 Å². The molecule has 1 amide bonds. The Morgan fingerprint density at radius 1 is 1.00 bits per heavy atom. The van der Waals surface area contributed by atoms with Crippen molar-refractivity contribution in [2.75, 3.05) is 36.9 Å². The first-order valence-electron chi connectivity index (χ1n) is 12.6. The number of carbonyl (C=O) groups excluding carboxylic acids is 1. The number of fused-ring (bicyclic) bond motifs is 1. The number of carbonyl (C=O) groups is 1. The molecular formula is C27H30F2N8O. The van der Waals surface area contributed by atoms with Crippen LogP contribution in [0.3, 0.4) is 0 Å².